The lowest BCUT2D eigenvalue weighted by Crippen LogP contribution is -2.30. The van der Waals surface area contributed by atoms with Crippen LogP contribution >= 0.6 is 11.6 Å². The standard InChI is InChI=1S/C18H12ClF3N2O3/c1-10(27-17(26)12-4-2-3-11(7-12)9-23)16(25)24-15-8-13(18(20,21)22)5-6-14(15)19/h2-8,10H,1H3,(H,24,25)/t10-/m0/s1. The van der Waals surface area contributed by atoms with Gasteiger partial charge in [0.1, 0.15) is 0 Å². The molecule has 1 amide bonds. The number of hydrogen-bond donors (Lipinski definition) is 1. The number of hydrogen-bond acceptors (Lipinski definition) is 4. The average molecular weight is 397 g/mol. The van der Waals surface area contributed by atoms with E-state index in [1.54, 1.807) is 0 Å². The number of nitrogens with one attached hydrogen (secondary N) is 1. The Kier molecular flexibility index (Phi) is 6.08. The number of nitrogens with zero attached hydrogens (tertiary/aromatic N) is 1. The van der Waals surface area contributed by atoms with Crippen molar-refractivity contribution in [3.63, 3.8) is 0 Å². The predicted molar refractivity (Wildman–Crippen MR) is 91.1 cm³/mol. The maximum atomic E-state index is 12.8. The quantitative estimate of drug-likeness (QED) is 0.776. The van der Waals surface area contributed by atoms with E-state index < -0.39 is 29.7 Å². The number of esters is 1. The van der Waals surface area contributed by atoms with Gasteiger partial charge in [-0.15, -0.1) is 0 Å². The van der Waals surface area contributed by atoms with E-state index in [1.165, 1.54) is 31.2 Å². The van der Waals surface area contributed by atoms with Crippen LogP contribution in [0, 0.1) is 11.3 Å². The van der Waals surface area contributed by atoms with Gasteiger partial charge >= 0.3 is 12.1 Å². The molecule has 0 bridgehead atoms. The van der Waals surface area contributed by atoms with E-state index >= 15 is 0 Å². The SMILES string of the molecule is C[C@H](OC(=O)c1cccc(C#N)c1)C(=O)Nc1cc(C(F)(F)F)ccc1Cl. The lowest BCUT2D eigenvalue weighted by Gasteiger charge is -2.15. The molecule has 27 heavy (non-hydrogen) atoms. The molecule has 5 nitrogen and oxygen atoms in total. The monoisotopic (exact) mass is 396 g/mol. The third-order valence-corrected chi connectivity index (χ3v) is 3.76. The Bertz CT molecular complexity index is 923. The molecule has 0 radical (unpaired) electrons. The Balaban J connectivity index is 2.10. The Morgan fingerprint density at radius 1 is 1.22 bits per heavy atom. The first-order valence-electron chi connectivity index (χ1n) is 7.50. The average Bonchev–Trinajstić information content (AvgIpc) is 2.62. The molecule has 0 saturated carbocycles. The van der Waals surface area contributed by atoms with Gasteiger partial charge in [0.05, 0.1) is 33.5 Å². The number of rotatable bonds is 4. The summed E-state index contributed by atoms with van der Waals surface area (Å²) in [4.78, 5) is 24.2. The van der Waals surface area contributed by atoms with E-state index in [0.29, 0.717) is 6.07 Å². The van der Waals surface area contributed by atoms with E-state index in [-0.39, 0.29) is 21.8 Å². The molecule has 0 unspecified atom stereocenters. The van der Waals surface area contributed by atoms with Crippen molar-refractivity contribution >= 4 is 29.2 Å². The summed E-state index contributed by atoms with van der Waals surface area (Å²) in [5, 5.41) is 10.9. The Hall–Kier alpha value is -3.05. The van der Waals surface area contributed by atoms with E-state index in [4.69, 9.17) is 21.6 Å². The van der Waals surface area contributed by atoms with Crippen LogP contribution in [0.3, 0.4) is 0 Å². The highest BCUT2D eigenvalue weighted by Crippen LogP contribution is 2.33. The van der Waals surface area contributed by atoms with Gasteiger partial charge in [0.15, 0.2) is 6.10 Å². The number of ether oxygens (including phenoxy) is 1. The van der Waals surface area contributed by atoms with Crippen molar-refractivity contribution in [1.29, 1.82) is 5.26 Å². The number of nitriles is 1. The fourth-order valence-electron chi connectivity index (χ4n) is 2.03. The molecule has 0 saturated heterocycles. The zero-order chi connectivity index (χ0) is 20.2. The highest BCUT2D eigenvalue weighted by molar-refractivity contribution is 6.33. The van der Waals surface area contributed by atoms with Crippen LogP contribution in [0.2, 0.25) is 5.02 Å². The zero-order valence-electron chi connectivity index (χ0n) is 13.8. The fraction of sp³-hybridized carbons (Fsp3) is 0.167. The summed E-state index contributed by atoms with van der Waals surface area (Å²) in [7, 11) is 0. The minimum Gasteiger partial charge on any atom is -0.449 e. The Morgan fingerprint density at radius 2 is 1.93 bits per heavy atom. The number of alkyl halides is 3. The van der Waals surface area contributed by atoms with Crippen LogP contribution in [0.25, 0.3) is 0 Å². The number of amides is 1. The zero-order valence-corrected chi connectivity index (χ0v) is 14.6. The number of carbonyl (C=O) groups excluding carboxylic acids is 2. The van der Waals surface area contributed by atoms with Crippen LogP contribution in [0.15, 0.2) is 42.5 Å². The van der Waals surface area contributed by atoms with Crippen molar-refractivity contribution in [3.05, 3.63) is 64.2 Å². The van der Waals surface area contributed by atoms with Crippen LogP contribution in [-0.2, 0) is 15.7 Å². The lowest BCUT2D eigenvalue weighted by molar-refractivity contribution is -0.137. The molecule has 0 aromatic heterocycles. The number of carbonyl (C=O) groups is 2. The predicted octanol–water partition coefficient (Wildman–Crippen LogP) is 4.41. The van der Waals surface area contributed by atoms with Gasteiger partial charge in [-0.05, 0) is 43.3 Å². The van der Waals surface area contributed by atoms with Gasteiger partial charge in [-0.25, -0.2) is 4.79 Å². The van der Waals surface area contributed by atoms with Crippen molar-refractivity contribution in [2.75, 3.05) is 5.32 Å². The molecular formula is C18H12ClF3N2O3. The first kappa shape index (κ1) is 20.3. The molecule has 0 aliphatic heterocycles. The summed E-state index contributed by atoms with van der Waals surface area (Å²) >= 11 is 5.81. The van der Waals surface area contributed by atoms with E-state index in [2.05, 4.69) is 5.32 Å². The van der Waals surface area contributed by atoms with Gasteiger partial charge in [-0.1, -0.05) is 17.7 Å². The highest BCUT2D eigenvalue weighted by atomic mass is 35.5. The normalized spacial score (nSPS) is 12.0. The first-order valence-corrected chi connectivity index (χ1v) is 7.88. The summed E-state index contributed by atoms with van der Waals surface area (Å²) in [6, 6.07) is 9.98. The van der Waals surface area contributed by atoms with Crippen molar-refractivity contribution in [1.82, 2.24) is 0 Å². The minimum absolute atomic E-state index is 0.0609. The second-order valence-corrected chi connectivity index (χ2v) is 5.83. The maximum Gasteiger partial charge on any atom is 0.416 e. The van der Waals surface area contributed by atoms with Crippen LogP contribution in [0.5, 0.6) is 0 Å². The molecule has 2 rings (SSSR count). The molecule has 0 fully saturated rings. The summed E-state index contributed by atoms with van der Waals surface area (Å²) in [5.41, 5.74) is -0.950. The molecule has 0 heterocycles. The van der Waals surface area contributed by atoms with Crippen LogP contribution in [0.1, 0.15) is 28.4 Å². The second kappa shape index (κ2) is 8.10. The molecular weight excluding hydrogens is 385 g/mol. The van der Waals surface area contributed by atoms with Crippen LogP contribution in [-0.4, -0.2) is 18.0 Å². The largest absolute Gasteiger partial charge is 0.449 e. The number of halogens is 4. The molecule has 9 heteroatoms. The third-order valence-electron chi connectivity index (χ3n) is 3.43. The Labute approximate surface area is 157 Å². The van der Waals surface area contributed by atoms with Crippen molar-refractivity contribution < 1.29 is 27.5 Å². The molecule has 2 aromatic carbocycles. The van der Waals surface area contributed by atoms with E-state index in [9.17, 15) is 22.8 Å². The summed E-state index contributed by atoms with van der Waals surface area (Å²) in [5.74, 6) is -1.72. The molecule has 0 spiro atoms. The van der Waals surface area contributed by atoms with Crippen molar-refractivity contribution in [2.45, 2.75) is 19.2 Å². The van der Waals surface area contributed by atoms with Gasteiger partial charge in [0.2, 0.25) is 0 Å². The third kappa shape index (κ3) is 5.21. The van der Waals surface area contributed by atoms with Crippen LogP contribution < -0.4 is 5.32 Å². The van der Waals surface area contributed by atoms with Gasteiger partial charge < -0.3 is 10.1 Å². The number of anilines is 1. The van der Waals surface area contributed by atoms with Gasteiger partial charge in [0.25, 0.3) is 5.91 Å². The molecule has 0 aliphatic carbocycles. The van der Waals surface area contributed by atoms with E-state index in [1.807, 2.05) is 6.07 Å². The highest BCUT2D eigenvalue weighted by Gasteiger charge is 2.31. The molecule has 0 aliphatic rings. The fourth-order valence-corrected chi connectivity index (χ4v) is 2.19. The molecule has 140 valence electrons. The minimum atomic E-state index is -4.60. The molecule has 1 atom stereocenters. The summed E-state index contributed by atoms with van der Waals surface area (Å²) < 4.78 is 43.3. The van der Waals surface area contributed by atoms with Gasteiger partial charge in [-0.3, -0.25) is 4.79 Å². The Morgan fingerprint density at radius 3 is 2.56 bits per heavy atom. The van der Waals surface area contributed by atoms with Crippen molar-refractivity contribution in [3.8, 4) is 6.07 Å². The van der Waals surface area contributed by atoms with E-state index in [0.717, 1.165) is 12.1 Å². The smallest absolute Gasteiger partial charge is 0.416 e. The summed E-state index contributed by atoms with van der Waals surface area (Å²) in [6.45, 7) is 1.25. The van der Waals surface area contributed by atoms with Crippen molar-refractivity contribution in [2.24, 2.45) is 0 Å². The second-order valence-electron chi connectivity index (χ2n) is 5.42. The molecule has 2 aromatic rings. The summed E-state index contributed by atoms with van der Waals surface area (Å²) in [6.07, 6.45) is -5.91. The first-order chi connectivity index (χ1) is 12.6. The molecule has 1 N–H and O–H groups in total. The topological polar surface area (TPSA) is 79.2 Å². The van der Waals surface area contributed by atoms with Gasteiger partial charge in [0, 0.05) is 0 Å². The maximum absolute atomic E-state index is 12.8. The lowest BCUT2D eigenvalue weighted by atomic mass is 10.1. The van der Waals surface area contributed by atoms with Crippen LogP contribution in [0.4, 0.5) is 18.9 Å². The number of benzene rings is 2. The van der Waals surface area contributed by atoms with Gasteiger partial charge in [-0.2, -0.15) is 18.4 Å².